The highest BCUT2D eigenvalue weighted by Gasteiger charge is 2.27. The average Bonchev–Trinajstić information content (AvgIpc) is 3.53. The van der Waals surface area contributed by atoms with Crippen molar-refractivity contribution >= 4 is 22.9 Å². The smallest absolute Gasteiger partial charge is 0.274 e. The van der Waals surface area contributed by atoms with E-state index < -0.39 is 6.43 Å². The zero-order valence-electron chi connectivity index (χ0n) is 18.0. The summed E-state index contributed by atoms with van der Waals surface area (Å²) in [6.45, 7) is 3.93. The number of aromatic nitrogens is 3. The molecule has 1 aliphatic heterocycles. The predicted molar refractivity (Wildman–Crippen MR) is 119 cm³/mol. The fraction of sp³-hybridized carbons (Fsp3) is 0.435. The number of aryl methyl sites for hydroxylation is 1. The van der Waals surface area contributed by atoms with Gasteiger partial charge in [-0.25, -0.2) is 18.7 Å². The summed E-state index contributed by atoms with van der Waals surface area (Å²) in [6.07, 6.45) is 3.90. The van der Waals surface area contributed by atoms with Crippen LogP contribution in [0, 0.1) is 6.92 Å². The van der Waals surface area contributed by atoms with E-state index in [9.17, 15) is 13.6 Å². The number of nitrogens with zero attached hydrogens (tertiary/aromatic N) is 5. The fourth-order valence-electron chi connectivity index (χ4n) is 4.20. The lowest BCUT2D eigenvalue weighted by molar-refractivity contribution is 0.0854. The van der Waals surface area contributed by atoms with Crippen LogP contribution in [-0.2, 0) is 0 Å². The SMILES string of the molecule is Cc1cccc(C(=O)Nc2cn3cc(C4CC4)nc3cc2N2CCN(CC(F)F)CC2)n1. The fourth-order valence-corrected chi connectivity index (χ4v) is 4.20. The molecule has 0 unspecified atom stereocenters. The summed E-state index contributed by atoms with van der Waals surface area (Å²) < 4.78 is 27.5. The van der Waals surface area contributed by atoms with E-state index in [2.05, 4.69) is 15.2 Å². The molecular weight excluding hydrogens is 414 g/mol. The van der Waals surface area contributed by atoms with Crippen molar-refractivity contribution in [1.82, 2.24) is 19.3 Å². The molecular formula is C23H26F2N6O. The number of fused-ring (bicyclic) bond motifs is 1. The predicted octanol–water partition coefficient (Wildman–Crippen LogP) is 3.55. The average molecular weight is 440 g/mol. The van der Waals surface area contributed by atoms with E-state index in [0.29, 0.717) is 43.5 Å². The maximum Gasteiger partial charge on any atom is 0.274 e. The zero-order chi connectivity index (χ0) is 22.2. The monoisotopic (exact) mass is 440 g/mol. The van der Waals surface area contributed by atoms with E-state index >= 15 is 0 Å². The Bertz CT molecular complexity index is 1130. The van der Waals surface area contributed by atoms with Crippen LogP contribution in [0.2, 0.25) is 0 Å². The summed E-state index contributed by atoms with van der Waals surface area (Å²) in [7, 11) is 0. The van der Waals surface area contributed by atoms with Crippen molar-refractivity contribution in [2.45, 2.75) is 32.1 Å². The molecule has 9 heteroatoms. The van der Waals surface area contributed by atoms with Crippen molar-refractivity contribution in [2.75, 3.05) is 42.9 Å². The lowest BCUT2D eigenvalue weighted by atomic mass is 10.2. The minimum atomic E-state index is -2.33. The molecule has 1 aliphatic carbocycles. The van der Waals surface area contributed by atoms with Gasteiger partial charge in [-0.1, -0.05) is 6.07 Å². The highest BCUT2D eigenvalue weighted by Crippen LogP contribution is 2.40. The Hall–Kier alpha value is -3.07. The normalized spacial score (nSPS) is 17.3. The molecule has 3 aromatic rings. The maximum atomic E-state index is 12.9. The van der Waals surface area contributed by atoms with Gasteiger partial charge in [-0.05, 0) is 31.9 Å². The van der Waals surface area contributed by atoms with Gasteiger partial charge in [-0.3, -0.25) is 9.69 Å². The lowest BCUT2D eigenvalue weighted by Crippen LogP contribution is -2.48. The van der Waals surface area contributed by atoms with Crippen LogP contribution in [0.3, 0.4) is 0 Å². The third-order valence-electron chi connectivity index (χ3n) is 6.06. The van der Waals surface area contributed by atoms with Gasteiger partial charge in [0, 0.05) is 56.3 Å². The van der Waals surface area contributed by atoms with Gasteiger partial charge in [0.2, 0.25) is 0 Å². The van der Waals surface area contributed by atoms with Gasteiger partial charge in [0.25, 0.3) is 12.3 Å². The second-order valence-electron chi connectivity index (χ2n) is 8.57. The molecule has 0 spiro atoms. The van der Waals surface area contributed by atoms with Crippen LogP contribution in [0.1, 0.15) is 40.6 Å². The third-order valence-corrected chi connectivity index (χ3v) is 6.06. The quantitative estimate of drug-likeness (QED) is 0.635. The maximum absolute atomic E-state index is 12.9. The van der Waals surface area contributed by atoms with E-state index in [-0.39, 0.29) is 12.5 Å². The van der Waals surface area contributed by atoms with Gasteiger partial charge < -0.3 is 14.6 Å². The second kappa shape index (κ2) is 8.46. The minimum Gasteiger partial charge on any atom is -0.367 e. The largest absolute Gasteiger partial charge is 0.367 e. The van der Waals surface area contributed by atoms with Crippen LogP contribution < -0.4 is 10.2 Å². The first-order valence-corrected chi connectivity index (χ1v) is 11.0. The number of hydrogen-bond acceptors (Lipinski definition) is 5. The Labute approximate surface area is 185 Å². The minimum absolute atomic E-state index is 0.208. The van der Waals surface area contributed by atoms with Crippen molar-refractivity contribution in [3.63, 3.8) is 0 Å². The topological polar surface area (TPSA) is 65.8 Å². The van der Waals surface area contributed by atoms with Gasteiger partial charge in [0.15, 0.2) is 0 Å². The summed E-state index contributed by atoms with van der Waals surface area (Å²) in [4.78, 5) is 25.9. The molecule has 1 saturated heterocycles. The van der Waals surface area contributed by atoms with Gasteiger partial charge >= 0.3 is 0 Å². The number of carbonyl (C=O) groups excluding carboxylic acids is 1. The first kappa shape index (κ1) is 20.8. The molecule has 0 atom stereocenters. The highest BCUT2D eigenvalue weighted by molar-refractivity contribution is 6.04. The lowest BCUT2D eigenvalue weighted by Gasteiger charge is -2.36. The number of halogens is 2. The molecule has 7 nitrogen and oxygen atoms in total. The summed E-state index contributed by atoms with van der Waals surface area (Å²) >= 11 is 0. The number of imidazole rings is 1. The number of hydrogen-bond donors (Lipinski definition) is 1. The number of anilines is 2. The Balaban J connectivity index is 1.45. The van der Waals surface area contributed by atoms with Gasteiger partial charge in [0.05, 0.1) is 23.6 Å². The van der Waals surface area contributed by atoms with Crippen LogP contribution in [0.4, 0.5) is 20.2 Å². The second-order valence-corrected chi connectivity index (χ2v) is 8.57. The van der Waals surface area contributed by atoms with Crippen LogP contribution in [0.5, 0.6) is 0 Å². The number of carbonyl (C=O) groups is 1. The Morgan fingerprint density at radius 2 is 1.94 bits per heavy atom. The third kappa shape index (κ3) is 4.43. The Morgan fingerprint density at radius 1 is 1.16 bits per heavy atom. The summed E-state index contributed by atoms with van der Waals surface area (Å²) in [5.41, 5.74) is 4.52. The van der Waals surface area contributed by atoms with Crippen molar-refractivity contribution in [3.8, 4) is 0 Å². The number of nitrogens with one attached hydrogen (secondary N) is 1. The van der Waals surface area contributed by atoms with E-state index in [1.165, 1.54) is 0 Å². The molecule has 0 aromatic carbocycles. The Kier molecular flexibility index (Phi) is 5.50. The number of pyridine rings is 2. The molecule has 0 radical (unpaired) electrons. The molecule has 0 bridgehead atoms. The molecule has 1 N–H and O–H groups in total. The van der Waals surface area contributed by atoms with Crippen molar-refractivity contribution in [1.29, 1.82) is 0 Å². The van der Waals surface area contributed by atoms with Crippen LogP contribution in [0.15, 0.2) is 36.7 Å². The number of amides is 1. The van der Waals surface area contributed by atoms with Crippen molar-refractivity contribution in [2.24, 2.45) is 0 Å². The molecule has 2 aliphatic rings. The summed E-state index contributed by atoms with van der Waals surface area (Å²) in [6, 6.07) is 7.32. The van der Waals surface area contributed by atoms with Gasteiger partial charge in [-0.15, -0.1) is 0 Å². The van der Waals surface area contributed by atoms with Crippen LogP contribution in [0.25, 0.3) is 5.65 Å². The molecule has 1 amide bonds. The zero-order valence-corrected chi connectivity index (χ0v) is 18.0. The number of rotatable bonds is 6. The van der Waals surface area contributed by atoms with E-state index in [4.69, 9.17) is 4.98 Å². The van der Waals surface area contributed by atoms with Crippen molar-refractivity contribution < 1.29 is 13.6 Å². The highest BCUT2D eigenvalue weighted by atomic mass is 19.3. The number of alkyl halides is 2. The van der Waals surface area contributed by atoms with Crippen LogP contribution >= 0.6 is 0 Å². The Morgan fingerprint density at radius 3 is 2.62 bits per heavy atom. The molecule has 32 heavy (non-hydrogen) atoms. The summed E-state index contributed by atoms with van der Waals surface area (Å²) in [5, 5.41) is 3.02. The standard InChI is InChI=1S/C23H26F2N6O/c1-15-3-2-4-17(26-15)23(32)28-19-13-31-12-18(16-5-6-16)27-22(31)11-20(19)30-9-7-29(8-10-30)14-21(24)25/h2-4,11-13,16,21H,5-10,14H2,1H3,(H,28,32). The molecule has 3 aromatic heterocycles. The van der Waals surface area contributed by atoms with E-state index in [1.807, 2.05) is 35.9 Å². The van der Waals surface area contributed by atoms with Crippen molar-refractivity contribution in [3.05, 3.63) is 53.7 Å². The number of piperazine rings is 1. The molecule has 168 valence electrons. The van der Waals surface area contributed by atoms with Gasteiger partial charge in [-0.2, -0.15) is 0 Å². The molecule has 5 rings (SSSR count). The van der Waals surface area contributed by atoms with E-state index in [1.54, 1.807) is 17.0 Å². The molecule has 4 heterocycles. The molecule has 2 fully saturated rings. The summed E-state index contributed by atoms with van der Waals surface area (Å²) in [5.74, 6) is 0.235. The van der Waals surface area contributed by atoms with Crippen LogP contribution in [-0.4, -0.2) is 64.3 Å². The van der Waals surface area contributed by atoms with Gasteiger partial charge in [0.1, 0.15) is 11.3 Å². The molecule has 1 saturated carbocycles. The van der Waals surface area contributed by atoms with E-state index in [0.717, 1.165) is 35.6 Å². The first-order chi connectivity index (χ1) is 15.5. The first-order valence-electron chi connectivity index (χ1n) is 11.0.